The molecule has 0 aromatic heterocycles. The summed E-state index contributed by atoms with van der Waals surface area (Å²) in [5.74, 6) is 0.728. The Bertz CT molecular complexity index is 1260. The predicted octanol–water partition coefficient (Wildman–Crippen LogP) is 4.81. The highest BCUT2D eigenvalue weighted by Gasteiger charge is 2.41. The van der Waals surface area contributed by atoms with Crippen LogP contribution in [0.5, 0.6) is 17.2 Å². The molecule has 2 amide bonds. The summed E-state index contributed by atoms with van der Waals surface area (Å²) in [6.07, 6.45) is 0. The number of hydrogen-bond acceptors (Lipinski definition) is 6. The fraction of sp³-hybridized carbons (Fsp3) is 0.185. The van der Waals surface area contributed by atoms with E-state index in [-0.39, 0.29) is 11.3 Å². The number of para-hydroxylation sites is 2. The minimum atomic E-state index is -0.481. The number of nitrogens with one attached hydrogen (secondary N) is 1. The van der Waals surface area contributed by atoms with Gasteiger partial charge in [-0.25, -0.2) is 4.90 Å². The smallest absolute Gasteiger partial charge is 0.282 e. The van der Waals surface area contributed by atoms with Gasteiger partial charge in [-0.15, -0.1) is 0 Å². The van der Waals surface area contributed by atoms with Crippen LogP contribution in [0.1, 0.15) is 18.1 Å². The Morgan fingerprint density at radius 3 is 2.26 bits per heavy atom. The molecule has 7 heteroatoms. The summed E-state index contributed by atoms with van der Waals surface area (Å²) in [6, 6.07) is 19.7. The first-order chi connectivity index (χ1) is 16.5. The van der Waals surface area contributed by atoms with E-state index in [2.05, 4.69) is 5.32 Å². The van der Waals surface area contributed by atoms with Gasteiger partial charge in [0.05, 0.1) is 37.8 Å². The first-order valence-electron chi connectivity index (χ1n) is 10.9. The average Bonchev–Trinajstić information content (AvgIpc) is 3.09. The molecule has 1 aliphatic heterocycles. The van der Waals surface area contributed by atoms with Crippen molar-refractivity contribution in [2.24, 2.45) is 0 Å². The molecule has 7 nitrogen and oxygen atoms in total. The third-order valence-electron chi connectivity index (χ3n) is 5.48. The van der Waals surface area contributed by atoms with E-state index in [4.69, 9.17) is 14.2 Å². The third-order valence-corrected chi connectivity index (χ3v) is 5.48. The van der Waals surface area contributed by atoms with E-state index in [1.807, 2.05) is 38.1 Å². The molecule has 0 spiro atoms. The Morgan fingerprint density at radius 2 is 1.59 bits per heavy atom. The molecule has 0 saturated carbocycles. The highest BCUT2D eigenvalue weighted by molar-refractivity contribution is 6.46. The lowest BCUT2D eigenvalue weighted by atomic mass is 10.0. The molecule has 0 bridgehead atoms. The Balaban J connectivity index is 1.86. The molecule has 34 heavy (non-hydrogen) atoms. The normalized spacial score (nSPS) is 13.4. The van der Waals surface area contributed by atoms with Gasteiger partial charge in [0, 0.05) is 0 Å². The maximum Gasteiger partial charge on any atom is 0.282 e. The Hall–Kier alpha value is -4.26. The van der Waals surface area contributed by atoms with Gasteiger partial charge < -0.3 is 19.5 Å². The number of carbonyl (C=O) groups is 2. The number of methoxy groups -OCH3 is 2. The van der Waals surface area contributed by atoms with Gasteiger partial charge in [0.15, 0.2) is 0 Å². The molecule has 174 valence electrons. The number of benzene rings is 3. The molecule has 0 unspecified atom stereocenters. The van der Waals surface area contributed by atoms with E-state index in [0.29, 0.717) is 40.8 Å². The topological polar surface area (TPSA) is 77.1 Å². The van der Waals surface area contributed by atoms with Gasteiger partial charge in [-0.3, -0.25) is 9.59 Å². The molecule has 0 saturated heterocycles. The molecular weight excluding hydrogens is 432 g/mol. The molecular formula is C27H26N2O5. The minimum absolute atomic E-state index is 0.158. The number of rotatable bonds is 8. The summed E-state index contributed by atoms with van der Waals surface area (Å²) in [5, 5.41) is 3.17. The molecule has 0 radical (unpaired) electrons. The van der Waals surface area contributed by atoms with Crippen molar-refractivity contribution in [1.82, 2.24) is 0 Å². The van der Waals surface area contributed by atoms with Crippen LogP contribution in [0.15, 0.2) is 72.4 Å². The van der Waals surface area contributed by atoms with Crippen LogP contribution >= 0.6 is 0 Å². The van der Waals surface area contributed by atoms with E-state index in [9.17, 15) is 9.59 Å². The van der Waals surface area contributed by atoms with E-state index in [1.54, 1.807) is 49.6 Å². The fourth-order valence-electron chi connectivity index (χ4n) is 3.85. The summed E-state index contributed by atoms with van der Waals surface area (Å²) in [6.45, 7) is 4.24. The lowest BCUT2D eigenvalue weighted by molar-refractivity contribution is -0.120. The SMILES string of the molecule is CCOc1ccccc1NC1=C(c2ccc(OC)cc2)C(=O)N(c2cc(C)ccc2OC)C1=O. The highest BCUT2D eigenvalue weighted by Crippen LogP contribution is 2.39. The number of hydrogen-bond donors (Lipinski definition) is 1. The van der Waals surface area contributed by atoms with E-state index in [1.165, 1.54) is 7.11 Å². The number of amides is 2. The van der Waals surface area contributed by atoms with Crippen molar-refractivity contribution in [2.45, 2.75) is 13.8 Å². The molecule has 3 aromatic carbocycles. The highest BCUT2D eigenvalue weighted by atomic mass is 16.5. The summed E-state index contributed by atoms with van der Waals surface area (Å²) < 4.78 is 16.4. The van der Waals surface area contributed by atoms with Gasteiger partial charge in [0.1, 0.15) is 22.9 Å². The third kappa shape index (κ3) is 4.20. The maximum atomic E-state index is 13.8. The van der Waals surface area contributed by atoms with Gasteiger partial charge >= 0.3 is 0 Å². The summed E-state index contributed by atoms with van der Waals surface area (Å²) in [5.41, 5.74) is 2.87. The number of ether oxygens (including phenoxy) is 3. The molecule has 3 aromatic rings. The van der Waals surface area contributed by atoms with Gasteiger partial charge in [0.2, 0.25) is 0 Å². The second-order valence-electron chi connectivity index (χ2n) is 7.65. The van der Waals surface area contributed by atoms with Crippen molar-refractivity contribution in [2.75, 3.05) is 31.0 Å². The zero-order chi connectivity index (χ0) is 24.2. The molecule has 0 atom stereocenters. The van der Waals surface area contributed by atoms with Gasteiger partial charge in [-0.1, -0.05) is 30.3 Å². The lowest BCUT2D eigenvalue weighted by Crippen LogP contribution is -2.32. The van der Waals surface area contributed by atoms with E-state index < -0.39 is 11.8 Å². The number of anilines is 2. The molecule has 1 N–H and O–H groups in total. The van der Waals surface area contributed by atoms with Gasteiger partial charge in [0.25, 0.3) is 11.8 Å². The number of aryl methyl sites for hydroxylation is 1. The first-order valence-corrected chi connectivity index (χ1v) is 10.9. The second-order valence-corrected chi connectivity index (χ2v) is 7.65. The van der Waals surface area contributed by atoms with E-state index >= 15 is 0 Å². The van der Waals surface area contributed by atoms with Gasteiger partial charge in [-0.2, -0.15) is 0 Å². The van der Waals surface area contributed by atoms with Crippen LogP contribution in [0.2, 0.25) is 0 Å². The van der Waals surface area contributed by atoms with Crippen molar-refractivity contribution >= 4 is 28.8 Å². The van der Waals surface area contributed by atoms with Crippen LogP contribution in [0.25, 0.3) is 5.57 Å². The molecule has 1 aliphatic rings. The summed E-state index contributed by atoms with van der Waals surface area (Å²) in [4.78, 5) is 28.6. The Labute approximate surface area is 198 Å². The van der Waals surface area contributed by atoms with E-state index in [0.717, 1.165) is 10.5 Å². The van der Waals surface area contributed by atoms with Crippen molar-refractivity contribution in [3.05, 3.63) is 83.6 Å². The van der Waals surface area contributed by atoms with Crippen LogP contribution < -0.4 is 24.4 Å². The predicted molar refractivity (Wildman–Crippen MR) is 131 cm³/mol. The fourth-order valence-corrected chi connectivity index (χ4v) is 3.85. The standard InChI is InChI=1S/C27H26N2O5/c1-5-34-22-9-7-6-8-20(22)28-25-24(18-11-13-19(32-3)14-12-18)26(30)29(27(25)31)21-16-17(2)10-15-23(21)33-4/h6-16,28H,5H2,1-4H3. The summed E-state index contributed by atoms with van der Waals surface area (Å²) >= 11 is 0. The van der Waals surface area contributed by atoms with Crippen molar-refractivity contribution in [3.63, 3.8) is 0 Å². The number of nitrogens with zero attached hydrogens (tertiary/aromatic N) is 1. The van der Waals surface area contributed by atoms with Crippen LogP contribution in [0.4, 0.5) is 11.4 Å². The molecule has 1 heterocycles. The monoisotopic (exact) mass is 458 g/mol. The van der Waals surface area contributed by atoms with Crippen molar-refractivity contribution in [3.8, 4) is 17.2 Å². The number of carbonyl (C=O) groups excluding carboxylic acids is 2. The lowest BCUT2D eigenvalue weighted by Gasteiger charge is -2.19. The largest absolute Gasteiger partial charge is 0.497 e. The Kier molecular flexibility index (Phi) is 6.54. The molecule has 0 fully saturated rings. The van der Waals surface area contributed by atoms with Crippen molar-refractivity contribution in [1.29, 1.82) is 0 Å². The minimum Gasteiger partial charge on any atom is -0.497 e. The van der Waals surface area contributed by atoms with Crippen LogP contribution in [-0.2, 0) is 9.59 Å². The first kappa shape index (κ1) is 22.9. The average molecular weight is 459 g/mol. The zero-order valence-corrected chi connectivity index (χ0v) is 19.5. The van der Waals surface area contributed by atoms with Gasteiger partial charge in [-0.05, 0) is 61.4 Å². The maximum absolute atomic E-state index is 13.8. The van der Waals surface area contributed by atoms with Crippen molar-refractivity contribution < 1.29 is 23.8 Å². The molecule has 4 rings (SSSR count). The Morgan fingerprint density at radius 1 is 0.853 bits per heavy atom. The second kappa shape index (κ2) is 9.70. The zero-order valence-electron chi connectivity index (χ0n) is 19.5. The van der Waals surface area contributed by atoms with Crippen LogP contribution in [0.3, 0.4) is 0 Å². The number of imide groups is 1. The van der Waals surface area contributed by atoms with Crippen LogP contribution in [-0.4, -0.2) is 32.6 Å². The summed E-state index contributed by atoms with van der Waals surface area (Å²) in [7, 11) is 3.08. The quantitative estimate of drug-likeness (QED) is 0.489. The van der Waals surface area contributed by atoms with Crippen LogP contribution in [0, 0.1) is 6.92 Å². The molecule has 0 aliphatic carbocycles.